The van der Waals surface area contributed by atoms with E-state index in [1.807, 2.05) is 30.5 Å². The summed E-state index contributed by atoms with van der Waals surface area (Å²) in [5.41, 5.74) is 1.87. The number of carbonyl (C=O) groups excluding carboxylic acids is 1. The van der Waals surface area contributed by atoms with Gasteiger partial charge in [-0.25, -0.2) is 0 Å². The second-order valence-electron chi connectivity index (χ2n) is 4.60. The highest BCUT2D eigenvalue weighted by molar-refractivity contribution is 6.07. The first-order chi connectivity index (χ1) is 7.68. The van der Waals surface area contributed by atoms with Gasteiger partial charge in [0.05, 0.1) is 0 Å². The van der Waals surface area contributed by atoms with Crippen LogP contribution in [0.1, 0.15) is 37.0 Å². The Morgan fingerprint density at radius 3 is 2.81 bits per heavy atom. The zero-order valence-corrected chi connectivity index (χ0v) is 9.79. The fourth-order valence-corrected chi connectivity index (χ4v) is 1.86. The van der Waals surface area contributed by atoms with Gasteiger partial charge < -0.3 is 4.98 Å². The largest absolute Gasteiger partial charge is 0.360 e. The summed E-state index contributed by atoms with van der Waals surface area (Å²) in [6.07, 6.45) is 3.42. The van der Waals surface area contributed by atoms with Gasteiger partial charge in [-0.1, -0.05) is 32.0 Å². The molecule has 0 unspecified atom stereocenters. The lowest BCUT2D eigenvalue weighted by Crippen LogP contribution is -2.00. The lowest BCUT2D eigenvalue weighted by atomic mass is 10.0. The second-order valence-corrected chi connectivity index (χ2v) is 4.60. The molecular formula is C14H17NO. The van der Waals surface area contributed by atoms with Crippen LogP contribution in [0, 0.1) is 5.92 Å². The number of carbonyl (C=O) groups is 1. The van der Waals surface area contributed by atoms with Crippen molar-refractivity contribution in [3.05, 3.63) is 36.0 Å². The van der Waals surface area contributed by atoms with Crippen LogP contribution in [0.2, 0.25) is 0 Å². The summed E-state index contributed by atoms with van der Waals surface area (Å²) in [5.74, 6) is 0.820. The molecule has 2 rings (SSSR count). The van der Waals surface area contributed by atoms with Crippen LogP contribution in [0.3, 0.4) is 0 Å². The number of hydrogen-bond donors (Lipinski definition) is 1. The number of H-pyrrole nitrogens is 1. The highest BCUT2D eigenvalue weighted by atomic mass is 16.1. The van der Waals surface area contributed by atoms with Crippen LogP contribution in [0.15, 0.2) is 30.5 Å². The van der Waals surface area contributed by atoms with Gasteiger partial charge in [-0.2, -0.15) is 0 Å². The highest BCUT2D eigenvalue weighted by Crippen LogP contribution is 2.20. The van der Waals surface area contributed by atoms with E-state index >= 15 is 0 Å². The summed E-state index contributed by atoms with van der Waals surface area (Å²) >= 11 is 0. The van der Waals surface area contributed by atoms with E-state index in [-0.39, 0.29) is 5.78 Å². The summed E-state index contributed by atoms with van der Waals surface area (Å²) in [6, 6.07) is 7.93. The maximum atomic E-state index is 12.0. The molecule has 1 heterocycles. The quantitative estimate of drug-likeness (QED) is 0.773. The van der Waals surface area contributed by atoms with Gasteiger partial charge in [0.25, 0.3) is 0 Å². The van der Waals surface area contributed by atoms with Gasteiger partial charge in [0.1, 0.15) is 0 Å². The third kappa shape index (κ3) is 2.16. The molecule has 1 aromatic carbocycles. The first-order valence-corrected chi connectivity index (χ1v) is 5.78. The third-order valence-electron chi connectivity index (χ3n) is 2.84. The Morgan fingerprint density at radius 2 is 2.06 bits per heavy atom. The number of aromatic nitrogens is 1. The molecular weight excluding hydrogens is 198 g/mol. The number of Topliss-reactive ketones (excluding diaryl/α,β-unsaturated/α-hetero) is 1. The lowest BCUT2D eigenvalue weighted by molar-refractivity contribution is 0.0977. The molecule has 0 fully saturated rings. The molecule has 0 aliphatic carbocycles. The van der Waals surface area contributed by atoms with Gasteiger partial charge in [0.15, 0.2) is 5.78 Å². The zero-order chi connectivity index (χ0) is 11.5. The van der Waals surface area contributed by atoms with Crippen LogP contribution in [0.5, 0.6) is 0 Å². The van der Waals surface area contributed by atoms with E-state index in [0.29, 0.717) is 12.3 Å². The summed E-state index contributed by atoms with van der Waals surface area (Å²) in [7, 11) is 0. The standard InChI is InChI=1S/C14H17NO/c1-10(2)7-8-14(16)12-9-15-13-6-4-3-5-11(12)13/h3-6,9-10,15H,7-8H2,1-2H3. The van der Waals surface area contributed by atoms with Gasteiger partial charge in [0, 0.05) is 29.1 Å². The van der Waals surface area contributed by atoms with E-state index < -0.39 is 0 Å². The van der Waals surface area contributed by atoms with Crippen molar-refractivity contribution in [2.75, 3.05) is 0 Å². The number of fused-ring (bicyclic) bond motifs is 1. The van der Waals surface area contributed by atoms with Gasteiger partial charge in [-0.3, -0.25) is 4.79 Å². The molecule has 0 saturated carbocycles. The Kier molecular flexibility index (Phi) is 3.09. The number of hydrogen-bond acceptors (Lipinski definition) is 1. The minimum Gasteiger partial charge on any atom is -0.360 e. The minimum absolute atomic E-state index is 0.242. The SMILES string of the molecule is CC(C)CCC(=O)c1c[nH]c2ccccc12. The monoisotopic (exact) mass is 215 g/mol. The van der Waals surface area contributed by atoms with Crippen LogP contribution < -0.4 is 0 Å². The predicted octanol–water partition coefficient (Wildman–Crippen LogP) is 3.79. The van der Waals surface area contributed by atoms with Gasteiger partial charge >= 0.3 is 0 Å². The summed E-state index contributed by atoms with van der Waals surface area (Å²) in [4.78, 5) is 15.1. The summed E-state index contributed by atoms with van der Waals surface area (Å²) in [5, 5.41) is 1.04. The molecule has 0 amide bonds. The average Bonchev–Trinajstić information content (AvgIpc) is 2.69. The Labute approximate surface area is 95.7 Å². The molecule has 2 aromatic rings. The smallest absolute Gasteiger partial charge is 0.165 e. The molecule has 0 atom stereocenters. The van der Waals surface area contributed by atoms with Crippen LogP contribution in [-0.4, -0.2) is 10.8 Å². The average molecular weight is 215 g/mol. The maximum Gasteiger partial charge on any atom is 0.165 e. The first kappa shape index (κ1) is 10.9. The minimum atomic E-state index is 0.242. The Hall–Kier alpha value is -1.57. The Bertz CT molecular complexity index is 496. The van der Waals surface area contributed by atoms with Crippen molar-refractivity contribution in [3.63, 3.8) is 0 Å². The van der Waals surface area contributed by atoms with Crippen molar-refractivity contribution in [1.29, 1.82) is 0 Å². The van der Waals surface area contributed by atoms with E-state index in [9.17, 15) is 4.79 Å². The number of aromatic amines is 1. The zero-order valence-electron chi connectivity index (χ0n) is 9.79. The fraction of sp³-hybridized carbons (Fsp3) is 0.357. The van der Waals surface area contributed by atoms with Crippen molar-refractivity contribution in [2.24, 2.45) is 5.92 Å². The number of benzene rings is 1. The molecule has 0 bridgehead atoms. The van der Waals surface area contributed by atoms with Gasteiger partial charge in [-0.05, 0) is 18.4 Å². The number of nitrogens with one attached hydrogen (secondary N) is 1. The summed E-state index contributed by atoms with van der Waals surface area (Å²) < 4.78 is 0. The van der Waals surface area contributed by atoms with E-state index in [1.54, 1.807) is 0 Å². The number of para-hydroxylation sites is 1. The van der Waals surface area contributed by atoms with Crippen molar-refractivity contribution < 1.29 is 4.79 Å². The molecule has 2 nitrogen and oxygen atoms in total. The molecule has 16 heavy (non-hydrogen) atoms. The molecule has 84 valence electrons. The second kappa shape index (κ2) is 4.52. The van der Waals surface area contributed by atoms with Crippen molar-refractivity contribution in [3.8, 4) is 0 Å². The molecule has 0 radical (unpaired) electrons. The normalized spacial score (nSPS) is 11.2. The topological polar surface area (TPSA) is 32.9 Å². The molecule has 0 aliphatic heterocycles. The fourth-order valence-electron chi connectivity index (χ4n) is 1.86. The molecule has 0 aliphatic rings. The number of ketones is 1. The van der Waals surface area contributed by atoms with Gasteiger partial charge in [-0.15, -0.1) is 0 Å². The van der Waals surface area contributed by atoms with Crippen molar-refractivity contribution in [2.45, 2.75) is 26.7 Å². The van der Waals surface area contributed by atoms with Crippen LogP contribution in [-0.2, 0) is 0 Å². The molecule has 1 aromatic heterocycles. The maximum absolute atomic E-state index is 12.0. The van der Waals surface area contributed by atoms with Crippen molar-refractivity contribution in [1.82, 2.24) is 4.98 Å². The Balaban J connectivity index is 2.23. The molecule has 1 N–H and O–H groups in total. The highest BCUT2D eigenvalue weighted by Gasteiger charge is 2.11. The van der Waals surface area contributed by atoms with E-state index in [2.05, 4.69) is 18.8 Å². The van der Waals surface area contributed by atoms with Crippen molar-refractivity contribution >= 4 is 16.7 Å². The van der Waals surface area contributed by atoms with E-state index in [4.69, 9.17) is 0 Å². The summed E-state index contributed by atoms with van der Waals surface area (Å²) in [6.45, 7) is 4.28. The van der Waals surface area contributed by atoms with E-state index in [0.717, 1.165) is 22.9 Å². The Morgan fingerprint density at radius 1 is 1.31 bits per heavy atom. The lowest BCUT2D eigenvalue weighted by Gasteiger charge is -2.02. The number of rotatable bonds is 4. The molecule has 2 heteroatoms. The van der Waals surface area contributed by atoms with E-state index in [1.165, 1.54) is 0 Å². The first-order valence-electron chi connectivity index (χ1n) is 5.78. The van der Waals surface area contributed by atoms with Crippen LogP contribution in [0.25, 0.3) is 10.9 Å². The molecule has 0 saturated heterocycles. The van der Waals surface area contributed by atoms with Crippen LogP contribution in [0.4, 0.5) is 0 Å². The molecule has 0 spiro atoms. The predicted molar refractivity (Wildman–Crippen MR) is 66.7 cm³/mol. The van der Waals surface area contributed by atoms with Gasteiger partial charge in [0.2, 0.25) is 0 Å². The third-order valence-corrected chi connectivity index (χ3v) is 2.84. The van der Waals surface area contributed by atoms with Crippen LogP contribution >= 0.6 is 0 Å².